The maximum absolute atomic E-state index is 12.2. The van der Waals surface area contributed by atoms with E-state index in [1.807, 2.05) is 0 Å². The van der Waals surface area contributed by atoms with Gasteiger partial charge < -0.3 is 24.2 Å². The summed E-state index contributed by atoms with van der Waals surface area (Å²) < 4.78 is 11.5. The molecule has 0 saturated carbocycles. The van der Waals surface area contributed by atoms with Gasteiger partial charge >= 0.3 is 0 Å². The van der Waals surface area contributed by atoms with Gasteiger partial charge in [-0.3, -0.25) is 0 Å². The molecule has 0 unspecified atom stereocenters. The Morgan fingerprint density at radius 1 is 1.00 bits per heavy atom. The first kappa shape index (κ1) is 29.0. The number of hydrogen-bond acceptors (Lipinski definition) is 4. The molecule has 5 heteroatoms. The van der Waals surface area contributed by atoms with E-state index >= 15 is 0 Å². The summed E-state index contributed by atoms with van der Waals surface area (Å²) >= 11 is 0. The van der Waals surface area contributed by atoms with Crippen LogP contribution in [0.15, 0.2) is 60.2 Å². The Bertz CT molecular complexity index is 1110. The first-order valence-electron chi connectivity index (χ1n) is 13.3. The average molecular weight is 507 g/mol. The van der Waals surface area contributed by atoms with Gasteiger partial charge in [-0.2, -0.15) is 0 Å². The van der Waals surface area contributed by atoms with Crippen LogP contribution >= 0.6 is 0 Å². The topological polar surface area (TPSA) is 44.8 Å². The van der Waals surface area contributed by atoms with Gasteiger partial charge in [0.2, 0.25) is 0 Å². The normalized spacial score (nSPS) is 20.1. The molecule has 0 aromatic heterocycles. The number of ether oxygens (including phenoxy) is 2. The Labute approximate surface area is 224 Å². The number of hydrogen-bond donors (Lipinski definition) is 0. The van der Waals surface area contributed by atoms with E-state index in [1.54, 1.807) is 28.3 Å². The molecular weight excluding hydrogens is 460 g/mol. The SMILES string of the molecule is C=C(C)[C@@H]1[C@H](c2cc(CC[N+](C)(C)[O-])ccc2OC)C=C(C)C[C@H]1c1cc(CCN(C)C)ccc1OC. The summed E-state index contributed by atoms with van der Waals surface area (Å²) in [5, 5.41) is 12.2. The second-order valence-corrected chi connectivity index (χ2v) is 11.5. The van der Waals surface area contributed by atoms with Gasteiger partial charge in [-0.1, -0.05) is 48.1 Å². The van der Waals surface area contributed by atoms with Gasteiger partial charge in [0.05, 0.1) is 34.9 Å². The van der Waals surface area contributed by atoms with Gasteiger partial charge in [0.15, 0.2) is 0 Å². The number of benzene rings is 2. The van der Waals surface area contributed by atoms with Crippen LogP contribution in [0.2, 0.25) is 0 Å². The Morgan fingerprint density at radius 3 is 2.11 bits per heavy atom. The molecule has 0 bridgehead atoms. The van der Waals surface area contributed by atoms with Crippen LogP contribution in [0.5, 0.6) is 11.5 Å². The van der Waals surface area contributed by atoms with Crippen molar-refractivity contribution in [2.45, 2.75) is 44.9 Å². The lowest BCUT2D eigenvalue weighted by atomic mass is 9.65. The zero-order valence-corrected chi connectivity index (χ0v) is 24.1. The van der Waals surface area contributed by atoms with Crippen LogP contribution in [0.1, 0.15) is 54.4 Å². The standard InChI is InChI=1S/C32H46N2O3/c1-22(2)32-28(26-20-24(14-16-33(4)5)10-12-30(26)36-8)18-23(3)19-29(32)27-21-25(11-13-31(27)37-9)15-17-34(6,7)35/h10-13,19-21,28-29,32H,1,14-18H2,2-9H3/t28-,29-,32-/m0/s1. The molecule has 1 aliphatic rings. The van der Waals surface area contributed by atoms with Crippen LogP contribution in [0.25, 0.3) is 0 Å². The second-order valence-electron chi connectivity index (χ2n) is 11.5. The van der Waals surface area contributed by atoms with Crippen molar-refractivity contribution in [1.29, 1.82) is 0 Å². The number of allylic oxidation sites excluding steroid dienone is 3. The summed E-state index contributed by atoms with van der Waals surface area (Å²) in [5.74, 6) is 2.38. The summed E-state index contributed by atoms with van der Waals surface area (Å²) in [6.07, 6.45) is 5.09. The highest BCUT2D eigenvalue weighted by Gasteiger charge is 2.37. The lowest BCUT2D eigenvalue weighted by Gasteiger charge is -2.39. The molecule has 1 aliphatic carbocycles. The molecule has 5 nitrogen and oxygen atoms in total. The number of methoxy groups -OCH3 is 2. The third-order valence-corrected chi connectivity index (χ3v) is 7.53. The number of hydroxylamine groups is 3. The molecule has 2 aromatic rings. The fourth-order valence-corrected chi connectivity index (χ4v) is 5.62. The summed E-state index contributed by atoms with van der Waals surface area (Å²) in [5.41, 5.74) is 7.42. The van der Waals surface area contributed by atoms with Crippen LogP contribution in [0.4, 0.5) is 0 Å². The quantitative estimate of drug-likeness (QED) is 0.203. The van der Waals surface area contributed by atoms with E-state index in [4.69, 9.17) is 9.47 Å². The third-order valence-electron chi connectivity index (χ3n) is 7.53. The average Bonchev–Trinajstić information content (AvgIpc) is 2.84. The van der Waals surface area contributed by atoms with Crippen molar-refractivity contribution in [3.8, 4) is 11.5 Å². The Kier molecular flexibility index (Phi) is 9.63. The molecule has 0 radical (unpaired) electrons. The van der Waals surface area contributed by atoms with Crippen molar-refractivity contribution >= 4 is 0 Å². The van der Waals surface area contributed by atoms with Crippen LogP contribution in [-0.4, -0.2) is 65.0 Å². The van der Waals surface area contributed by atoms with Crippen molar-refractivity contribution in [2.75, 3.05) is 55.5 Å². The molecule has 0 saturated heterocycles. The van der Waals surface area contributed by atoms with Gasteiger partial charge in [0, 0.05) is 24.4 Å². The number of quaternary nitrogens is 1. The maximum atomic E-state index is 12.2. The Hall–Kier alpha value is -2.60. The Morgan fingerprint density at radius 2 is 1.57 bits per heavy atom. The molecule has 0 N–H and O–H groups in total. The molecule has 2 aromatic carbocycles. The molecule has 0 amide bonds. The highest BCUT2D eigenvalue weighted by Crippen LogP contribution is 2.51. The van der Waals surface area contributed by atoms with Crippen molar-refractivity contribution < 1.29 is 14.1 Å². The van der Waals surface area contributed by atoms with Crippen molar-refractivity contribution in [3.05, 3.63) is 87.7 Å². The summed E-state index contributed by atoms with van der Waals surface area (Å²) in [6, 6.07) is 13.0. The van der Waals surface area contributed by atoms with Crippen molar-refractivity contribution in [2.24, 2.45) is 5.92 Å². The molecule has 3 atom stereocenters. The monoisotopic (exact) mass is 506 g/mol. The minimum atomic E-state index is -0.301. The molecule has 37 heavy (non-hydrogen) atoms. The minimum absolute atomic E-state index is 0.121. The second kappa shape index (κ2) is 12.3. The third kappa shape index (κ3) is 7.47. The predicted octanol–water partition coefficient (Wildman–Crippen LogP) is 6.33. The molecule has 202 valence electrons. The highest BCUT2D eigenvalue weighted by atomic mass is 16.5. The molecule has 3 rings (SSSR count). The number of nitrogens with zero attached hydrogens (tertiary/aromatic N) is 2. The van der Waals surface area contributed by atoms with E-state index in [9.17, 15) is 5.21 Å². The van der Waals surface area contributed by atoms with E-state index in [0.717, 1.165) is 54.0 Å². The van der Waals surface area contributed by atoms with Gasteiger partial charge in [-0.15, -0.1) is 0 Å². The van der Waals surface area contributed by atoms with E-state index in [1.165, 1.54) is 16.7 Å². The number of rotatable bonds is 11. The molecular formula is C32H46N2O3. The number of likely N-dealkylation sites (N-methyl/N-ethyl adjacent to an activating group) is 2. The first-order valence-corrected chi connectivity index (χ1v) is 13.3. The fraction of sp³-hybridized carbons (Fsp3) is 0.500. The van der Waals surface area contributed by atoms with Crippen molar-refractivity contribution in [3.63, 3.8) is 0 Å². The van der Waals surface area contributed by atoms with Crippen molar-refractivity contribution in [1.82, 2.24) is 4.90 Å². The first-order chi connectivity index (χ1) is 17.4. The minimum Gasteiger partial charge on any atom is -0.633 e. The fourth-order valence-electron chi connectivity index (χ4n) is 5.62. The Balaban J connectivity index is 2.08. The van der Waals surface area contributed by atoms with Crippen LogP contribution in [-0.2, 0) is 12.8 Å². The molecule has 0 aliphatic heterocycles. The lowest BCUT2D eigenvalue weighted by Crippen LogP contribution is -2.34. The van der Waals surface area contributed by atoms with Crippen LogP contribution in [0.3, 0.4) is 0 Å². The van der Waals surface area contributed by atoms with E-state index in [-0.39, 0.29) is 22.4 Å². The molecule has 0 spiro atoms. The zero-order valence-electron chi connectivity index (χ0n) is 24.1. The molecule has 0 heterocycles. The lowest BCUT2D eigenvalue weighted by molar-refractivity contribution is -0.839. The van der Waals surface area contributed by atoms with Crippen LogP contribution < -0.4 is 9.47 Å². The highest BCUT2D eigenvalue weighted by molar-refractivity contribution is 5.48. The van der Waals surface area contributed by atoms with Gasteiger partial charge in [0.25, 0.3) is 0 Å². The van der Waals surface area contributed by atoms with Gasteiger partial charge in [-0.25, -0.2) is 0 Å². The van der Waals surface area contributed by atoms with E-state index in [2.05, 4.69) is 81.9 Å². The van der Waals surface area contributed by atoms with Gasteiger partial charge in [-0.05, 0) is 81.4 Å². The van der Waals surface area contributed by atoms with E-state index < -0.39 is 0 Å². The van der Waals surface area contributed by atoms with Crippen LogP contribution in [0, 0.1) is 11.1 Å². The predicted molar refractivity (Wildman–Crippen MR) is 154 cm³/mol. The maximum Gasteiger partial charge on any atom is 0.122 e. The summed E-state index contributed by atoms with van der Waals surface area (Å²) in [4.78, 5) is 2.22. The summed E-state index contributed by atoms with van der Waals surface area (Å²) in [6.45, 7) is 10.4. The smallest absolute Gasteiger partial charge is 0.122 e. The molecule has 0 fully saturated rings. The zero-order chi connectivity index (χ0) is 27.3. The largest absolute Gasteiger partial charge is 0.633 e. The van der Waals surface area contributed by atoms with Gasteiger partial charge in [0.1, 0.15) is 11.5 Å². The van der Waals surface area contributed by atoms with E-state index in [0.29, 0.717) is 6.54 Å². The summed E-state index contributed by atoms with van der Waals surface area (Å²) in [7, 11) is 11.1.